The lowest BCUT2D eigenvalue weighted by atomic mass is 10.2. The Hall–Kier alpha value is -0.0400. The third-order valence-corrected chi connectivity index (χ3v) is 3.83. The van der Waals surface area contributed by atoms with Gasteiger partial charge in [0, 0.05) is 12.6 Å². The Morgan fingerprint density at radius 3 is 2.88 bits per heavy atom. The lowest BCUT2D eigenvalue weighted by Gasteiger charge is -2.16. The van der Waals surface area contributed by atoms with Crippen LogP contribution in [-0.4, -0.2) is 47.3 Å². The second kappa shape index (κ2) is 7.41. The van der Waals surface area contributed by atoms with Crippen LogP contribution in [0.1, 0.15) is 18.2 Å². The smallest absolute Gasteiger partial charge is 0.0694 e. The standard InChI is InChI=1S/C11H21BrN4S/c1-15(2)5-6-16-11(9(12)8-14-16)10(13)4-7-17-3/h8,10H,4-7,13H2,1-3H3. The van der Waals surface area contributed by atoms with Gasteiger partial charge in [0.1, 0.15) is 0 Å². The number of nitrogens with two attached hydrogens (primary N) is 1. The molecule has 4 nitrogen and oxygen atoms in total. The Bertz CT molecular complexity index is 340. The van der Waals surface area contributed by atoms with Crippen LogP contribution in [0, 0.1) is 0 Å². The van der Waals surface area contributed by atoms with E-state index in [1.807, 2.05) is 22.6 Å². The van der Waals surface area contributed by atoms with Crippen molar-refractivity contribution in [1.29, 1.82) is 0 Å². The van der Waals surface area contributed by atoms with Crippen LogP contribution in [0.15, 0.2) is 10.7 Å². The summed E-state index contributed by atoms with van der Waals surface area (Å²) in [6.45, 7) is 1.84. The van der Waals surface area contributed by atoms with Crippen LogP contribution >= 0.6 is 27.7 Å². The summed E-state index contributed by atoms with van der Waals surface area (Å²) >= 11 is 5.36. The molecule has 1 atom stereocenters. The molecule has 0 fully saturated rings. The van der Waals surface area contributed by atoms with Gasteiger partial charge in [-0.15, -0.1) is 0 Å². The van der Waals surface area contributed by atoms with Crippen LogP contribution in [0.25, 0.3) is 0 Å². The summed E-state index contributed by atoms with van der Waals surface area (Å²) in [6.07, 6.45) is 4.92. The molecule has 0 saturated heterocycles. The summed E-state index contributed by atoms with van der Waals surface area (Å²) in [5.41, 5.74) is 7.33. The monoisotopic (exact) mass is 320 g/mol. The van der Waals surface area contributed by atoms with Gasteiger partial charge in [-0.1, -0.05) is 0 Å². The molecule has 1 aromatic rings. The number of nitrogens with zero attached hydrogens (tertiary/aromatic N) is 3. The highest BCUT2D eigenvalue weighted by atomic mass is 79.9. The number of hydrogen-bond donors (Lipinski definition) is 1. The maximum absolute atomic E-state index is 6.22. The number of likely N-dealkylation sites (N-methyl/N-ethyl adjacent to an activating group) is 1. The van der Waals surface area contributed by atoms with Gasteiger partial charge in [0.2, 0.25) is 0 Å². The molecule has 98 valence electrons. The fourth-order valence-corrected chi connectivity index (χ4v) is 2.67. The van der Waals surface area contributed by atoms with Gasteiger partial charge in [-0.2, -0.15) is 16.9 Å². The number of rotatable bonds is 7. The van der Waals surface area contributed by atoms with Gasteiger partial charge < -0.3 is 10.6 Å². The van der Waals surface area contributed by atoms with Crippen LogP contribution in [0.5, 0.6) is 0 Å². The highest BCUT2D eigenvalue weighted by Gasteiger charge is 2.16. The Labute approximate surface area is 116 Å². The topological polar surface area (TPSA) is 47.1 Å². The van der Waals surface area contributed by atoms with E-state index in [-0.39, 0.29) is 6.04 Å². The van der Waals surface area contributed by atoms with E-state index in [9.17, 15) is 0 Å². The van der Waals surface area contributed by atoms with Gasteiger partial charge in [-0.05, 0) is 48.5 Å². The van der Waals surface area contributed by atoms with Crippen molar-refractivity contribution in [1.82, 2.24) is 14.7 Å². The number of aromatic nitrogens is 2. The SMILES string of the molecule is CSCCC(N)c1c(Br)cnn1CCN(C)C. The van der Waals surface area contributed by atoms with Crippen molar-refractivity contribution in [2.45, 2.75) is 19.0 Å². The zero-order valence-corrected chi connectivity index (χ0v) is 13.1. The Balaban J connectivity index is 2.71. The van der Waals surface area contributed by atoms with E-state index in [1.165, 1.54) is 0 Å². The molecule has 0 aliphatic rings. The molecule has 0 aliphatic heterocycles. The summed E-state index contributed by atoms with van der Waals surface area (Å²) in [6, 6.07) is 0.0569. The molecule has 2 N–H and O–H groups in total. The number of hydrogen-bond acceptors (Lipinski definition) is 4. The van der Waals surface area contributed by atoms with Gasteiger partial charge in [-0.25, -0.2) is 0 Å². The summed E-state index contributed by atoms with van der Waals surface area (Å²) in [4.78, 5) is 2.15. The fourth-order valence-electron chi connectivity index (χ4n) is 1.59. The molecule has 0 spiro atoms. The third-order valence-electron chi connectivity index (χ3n) is 2.58. The first-order valence-corrected chi connectivity index (χ1v) is 7.85. The molecular formula is C11H21BrN4S. The lowest BCUT2D eigenvalue weighted by Crippen LogP contribution is -2.23. The van der Waals surface area contributed by atoms with Gasteiger partial charge in [-0.3, -0.25) is 4.68 Å². The predicted molar refractivity (Wildman–Crippen MR) is 78.4 cm³/mol. The van der Waals surface area contributed by atoms with Crippen LogP contribution < -0.4 is 5.73 Å². The molecule has 1 rings (SSSR count). The van der Waals surface area contributed by atoms with Crippen LogP contribution in [0.3, 0.4) is 0 Å². The maximum atomic E-state index is 6.22. The summed E-state index contributed by atoms with van der Waals surface area (Å²) < 4.78 is 3.03. The first-order valence-electron chi connectivity index (χ1n) is 5.66. The van der Waals surface area contributed by atoms with Crippen molar-refractivity contribution < 1.29 is 0 Å². The first kappa shape index (κ1) is 15.0. The molecular weight excluding hydrogens is 300 g/mol. The average Bonchev–Trinajstić information content (AvgIpc) is 2.64. The Morgan fingerprint density at radius 1 is 1.59 bits per heavy atom. The molecule has 6 heteroatoms. The van der Waals surface area contributed by atoms with E-state index >= 15 is 0 Å². The molecule has 0 aromatic carbocycles. The second-order valence-electron chi connectivity index (χ2n) is 4.29. The zero-order valence-electron chi connectivity index (χ0n) is 10.7. The van der Waals surface area contributed by atoms with E-state index in [2.05, 4.69) is 46.3 Å². The molecule has 1 heterocycles. The van der Waals surface area contributed by atoms with Crippen LogP contribution in [0.2, 0.25) is 0 Å². The van der Waals surface area contributed by atoms with Gasteiger partial charge in [0.05, 0.1) is 22.9 Å². The van der Waals surface area contributed by atoms with Gasteiger partial charge in [0.15, 0.2) is 0 Å². The minimum atomic E-state index is 0.0569. The summed E-state index contributed by atoms with van der Waals surface area (Å²) in [5, 5.41) is 4.37. The van der Waals surface area contributed by atoms with Crippen molar-refractivity contribution in [2.75, 3.05) is 32.6 Å². The maximum Gasteiger partial charge on any atom is 0.0694 e. The predicted octanol–water partition coefficient (Wildman–Crippen LogP) is 1.96. The molecule has 17 heavy (non-hydrogen) atoms. The second-order valence-corrected chi connectivity index (χ2v) is 6.13. The number of halogens is 1. The largest absolute Gasteiger partial charge is 0.323 e. The molecule has 0 saturated carbocycles. The molecule has 1 unspecified atom stereocenters. The van der Waals surface area contributed by atoms with E-state index in [1.54, 1.807) is 0 Å². The van der Waals surface area contributed by atoms with E-state index < -0.39 is 0 Å². The highest BCUT2D eigenvalue weighted by Crippen LogP contribution is 2.24. The Kier molecular flexibility index (Phi) is 6.54. The van der Waals surface area contributed by atoms with Gasteiger partial charge >= 0.3 is 0 Å². The molecule has 0 amide bonds. The highest BCUT2D eigenvalue weighted by molar-refractivity contribution is 9.10. The molecule has 0 bridgehead atoms. The third kappa shape index (κ3) is 4.62. The van der Waals surface area contributed by atoms with Crippen molar-refractivity contribution in [3.8, 4) is 0 Å². The van der Waals surface area contributed by atoms with E-state index in [0.29, 0.717) is 0 Å². The van der Waals surface area contributed by atoms with E-state index in [4.69, 9.17) is 5.73 Å². The average molecular weight is 321 g/mol. The Morgan fingerprint density at radius 2 is 2.29 bits per heavy atom. The van der Waals surface area contributed by atoms with Crippen molar-refractivity contribution >= 4 is 27.7 Å². The fraction of sp³-hybridized carbons (Fsp3) is 0.727. The van der Waals surface area contributed by atoms with E-state index in [0.717, 1.165) is 35.4 Å². The van der Waals surface area contributed by atoms with Crippen molar-refractivity contribution in [3.05, 3.63) is 16.4 Å². The summed E-state index contributed by atoms with van der Waals surface area (Å²) in [5.74, 6) is 1.08. The lowest BCUT2D eigenvalue weighted by molar-refractivity contribution is 0.366. The minimum absolute atomic E-state index is 0.0569. The minimum Gasteiger partial charge on any atom is -0.323 e. The summed E-state index contributed by atoms with van der Waals surface area (Å²) in [7, 11) is 4.12. The van der Waals surface area contributed by atoms with Crippen LogP contribution in [0.4, 0.5) is 0 Å². The normalized spacial score (nSPS) is 13.3. The zero-order chi connectivity index (χ0) is 12.8. The first-order chi connectivity index (χ1) is 8.06. The molecule has 0 aliphatic carbocycles. The van der Waals surface area contributed by atoms with Crippen molar-refractivity contribution in [2.24, 2.45) is 5.73 Å². The van der Waals surface area contributed by atoms with Gasteiger partial charge in [0.25, 0.3) is 0 Å². The quantitative estimate of drug-likeness (QED) is 0.834. The number of thioether (sulfide) groups is 1. The van der Waals surface area contributed by atoms with Crippen molar-refractivity contribution in [3.63, 3.8) is 0 Å². The molecule has 0 radical (unpaired) electrons. The molecule has 1 aromatic heterocycles. The van der Waals surface area contributed by atoms with Crippen LogP contribution in [-0.2, 0) is 6.54 Å².